The monoisotopic (exact) mass is 2090 g/mol. The topological polar surface area (TPSA) is 450 Å². The molecule has 12 aromatic rings. The molecule has 0 spiro atoms. The van der Waals surface area contributed by atoms with Crippen LogP contribution in [0, 0.1) is 34.0 Å². The summed E-state index contributed by atoms with van der Waals surface area (Å²) in [4.78, 5) is 84.7. The van der Waals surface area contributed by atoms with Gasteiger partial charge in [0.2, 0.25) is 0 Å². The van der Waals surface area contributed by atoms with Gasteiger partial charge in [-0.1, -0.05) is 53.1 Å². The Morgan fingerprint density at radius 2 is 0.753 bits per heavy atom. The normalized spacial score (nSPS) is 15.1. The average molecular weight is 2090 g/mol. The Hall–Kier alpha value is -12.3. The molecule has 3 aliphatic heterocycles. The van der Waals surface area contributed by atoms with Gasteiger partial charge in [0.15, 0.2) is 85.0 Å². The number of aromatic nitrogens is 9. The summed E-state index contributed by atoms with van der Waals surface area (Å²) in [5.41, 5.74) is 12.5. The van der Waals surface area contributed by atoms with Gasteiger partial charge in [-0.25, -0.2) is 29.9 Å². The second kappa shape index (κ2) is 48.6. The lowest BCUT2D eigenvalue weighted by Crippen LogP contribution is -2.43. The summed E-state index contributed by atoms with van der Waals surface area (Å²) in [5.74, 6) is 4.40. The third kappa shape index (κ3) is 26.3. The summed E-state index contributed by atoms with van der Waals surface area (Å²) in [5, 5.41) is 56.9. The van der Waals surface area contributed by atoms with Crippen LogP contribution >= 0.6 is 36.4 Å². The number of carbonyl (C=O) groups excluding carboxylic acids is 3. The van der Waals surface area contributed by atoms with Gasteiger partial charge in [0, 0.05) is 135 Å². The molecule has 772 valence electrons. The molecule has 6 fully saturated rings. The van der Waals surface area contributed by atoms with Gasteiger partial charge in [-0.3, -0.25) is 29.3 Å². The zero-order chi connectivity index (χ0) is 103. The fourth-order valence-electron chi connectivity index (χ4n) is 16.3. The largest absolute Gasteiger partial charge is 0.508 e. The summed E-state index contributed by atoms with van der Waals surface area (Å²) in [6, 6.07) is 27.0. The number of amides is 3. The zero-order valence-corrected chi connectivity index (χ0v) is 89.5. The van der Waals surface area contributed by atoms with Crippen molar-refractivity contribution >= 4 is 117 Å². The van der Waals surface area contributed by atoms with E-state index in [0.29, 0.717) is 219 Å². The number of hydrogen-bond donors (Lipinski definition) is 3. The Balaban J connectivity index is 0.000000169. The number of pyridine rings is 9. The van der Waals surface area contributed by atoms with Crippen LogP contribution in [-0.2, 0) is 23.1 Å². The Labute approximate surface area is 868 Å². The van der Waals surface area contributed by atoms with Crippen LogP contribution in [0.4, 0.5) is 0 Å². The minimum atomic E-state index is -1.92. The van der Waals surface area contributed by atoms with Gasteiger partial charge in [0.25, 0.3) is 17.7 Å². The summed E-state index contributed by atoms with van der Waals surface area (Å²) in [6.45, 7) is 27.8. The summed E-state index contributed by atoms with van der Waals surface area (Å²) in [6.07, 6.45) is 21.2. The molecule has 0 aromatic carbocycles. The van der Waals surface area contributed by atoms with Crippen LogP contribution in [0.1, 0.15) is 201 Å². The number of carbonyl (C=O) groups is 3. The number of aliphatic hydroxyl groups is 1. The fraction of sp³-hybridized carbons (Fsp3) is 0.457. The van der Waals surface area contributed by atoms with E-state index in [2.05, 4.69) is 110 Å². The summed E-state index contributed by atoms with van der Waals surface area (Å²) >= 11 is 6.60. The number of halogens is 3. The van der Waals surface area contributed by atoms with E-state index < -0.39 is 23.8 Å². The molecular formula is C105H125BCl3N15O20Si2. The van der Waals surface area contributed by atoms with Crippen LogP contribution in [0.5, 0.6) is 34.5 Å². The van der Waals surface area contributed by atoms with E-state index in [-0.39, 0.29) is 107 Å². The first-order valence-electron chi connectivity index (χ1n) is 48.6. The number of hydrogen-bond acceptors (Lipinski definition) is 32. The van der Waals surface area contributed by atoms with E-state index in [1.807, 2.05) is 48.9 Å². The van der Waals surface area contributed by atoms with E-state index in [9.17, 15) is 30.0 Å². The molecule has 15 heterocycles. The minimum absolute atomic E-state index is 0. The lowest BCUT2D eigenvalue weighted by Gasteiger charge is -2.36. The third-order valence-corrected chi connectivity index (χ3v) is 36.8. The van der Waals surface area contributed by atoms with Crippen molar-refractivity contribution in [1.29, 1.82) is 15.8 Å². The zero-order valence-electron chi connectivity index (χ0n) is 85.1. The van der Waals surface area contributed by atoms with Crippen molar-refractivity contribution < 1.29 is 94.3 Å². The molecule has 3 aliphatic carbocycles. The molecule has 3 amide bonds. The molecule has 35 nitrogen and oxygen atoms in total. The van der Waals surface area contributed by atoms with Crippen molar-refractivity contribution in [3.05, 3.63) is 165 Å². The first kappa shape index (κ1) is 111. The Morgan fingerprint density at radius 1 is 0.438 bits per heavy atom. The van der Waals surface area contributed by atoms with Crippen LogP contribution in [0.15, 0.2) is 123 Å². The van der Waals surface area contributed by atoms with Gasteiger partial charge in [0.1, 0.15) is 87.4 Å². The van der Waals surface area contributed by atoms with Crippen molar-refractivity contribution in [3.63, 3.8) is 0 Å². The van der Waals surface area contributed by atoms with Crippen molar-refractivity contribution in [2.75, 3.05) is 122 Å². The number of nitrogens with zero attached hydrogens (tertiary/aromatic N) is 15. The minimum Gasteiger partial charge on any atom is -0.494 e. The SMILES string of the molecule is COc1cc(C(=O)N(C)CCO)cnc1-c1cc2ncc(C3CC3)c(-c3ccc(OC4CCOCC4)c(C#N)n3)c2o1.COc1cc(C(=O)N(C)CCO[Si](C)(C)C(C)(C)C)cnc1-c1cc2ncc(C3CC3)c(-c3ccc(OC4CCOCC4)c(C#N)n3)c2o1.COc1cc(C(=O)N(C)CCO[Si](C)(C)C(C)(C)C)cnc1-c1cc2ncc(C3CC3)c(Cl)c2o1.Cl.Cl.N#Cc1nc(B(O)O)ccc1OC1CCOCC1. The highest BCUT2D eigenvalue weighted by molar-refractivity contribution is 6.74. The number of methoxy groups -OCH3 is 3. The molecule has 6 aliphatic rings. The van der Waals surface area contributed by atoms with E-state index in [0.717, 1.165) is 105 Å². The molecule has 3 saturated carbocycles. The summed E-state index contributed by atoms with van der Waals surface area (Å²) in [7, 11) is 4.25. The van der Waals surface area contributed by atoms with Gasteiger partial charge < -0.3 is 94.6 Å². The number of ether oxygens (including phenoxy) is 9. The predicted molar refractivity (Wildman–Crippen MR) is 559 cm³/mol. The second-order valence-corrected chi connectivity index (χ2v) is 49.6. The van der Waals surface area contributed by atoms with E-state index in [1.165, 1.54) is 30.3 Å². The Kier molecular flexibility index (Phi) is 36.9. The quantitative estimate of drug-likeness (QED) is 0.0340. The van der Waals surface area contributed by atoms with Crippen LogP contribution < -0.4 is 34.0 Å². The predicted octanol–water partition coefficient (Wildman–Crippen LogP) is 18.3. The van der Waals surface area contributed by atoms with Gasteiger partial charge >= 0.3 is 7.12 Å². The number of furan rings is 3. The molecule has 3 saturated heterocycles. The van der Waals surface area contributed by atoms with Crippen LogP contribution in [-0.4, -0.2) is 256 Å². The average Bonchev–Trinajstić information content (AvgIpc) is 1.60. The van der Waals surface area contributed by atoms with Crippen LogP contribution in [0.25, 0.3) is 90.2 Å². The maximum atomic E-state index is 13.4. The molecule has 0 atom stereocenters. The molecule has 0 bridgehead atoms. The number of fused-ring (bicyclic) bond motifs is 3. The smallest absolute Gasteiger partial charge is 0.494 e. The van der Waals surface area contributed by atoms with Gasteiger partial charge in [-0.2, -0.15) is 15.8 Å². The number of nitriles is 3. The van der Waals surface area contributed by atoms with Gasteiger partial charge in [-0.05, 0) is 164 Å². The number of rotatable bonds is 31. The lowest BCUT2D eigenvalue weighted by atomic mass is 9.85. The van der Waals surface area contributed by atoms with Crippen molar-refractivity contribution in [3.8, 4) is 110 Å². The Morgan fingerprint density at radius 3 is 1.08 bits per heavy atom. The molecule has 12 aromatic heterocycles. The second-order valence-electron chi connectivity index (χ2n) is 39.6. The molecule has 0 unspecified atom stereocenters. The van der Waals surface area contributed by atoms with Crippen molar-refractivity contribution in [2.45, 2.75) is 191 Å². The first-order valence-corrected chi connectivity index (χ1v) is 54.8. The van der Waals surface area contributed by atoms with Crippen LogP contribution in [0.2, 0.25) is 41.3 Å². The molecule has 41 heteroatoms. The van der Waals surface area contributed by atoms with E-state index in [4.69, 9.17) is 107 Å². The maximum absolute atomic E-state index is 13.4. The van der Waals surface area contributed by atoms with Gasteiger partial charge in [-0.15, -0.1) is 24.8 Å². The van der Waals surface area contributed by atoms with Gasteiger partial charge in [0.05, 0.1) is 131 Å². The van der Waals surface area contributed by atoms with Crippen molar-refractivity contribution in [2.24, 2.45) is 0 Å². The van der Waals surface area contributed by atoms with E-state index in [1.54, 1.807) is 94.0 Å². The molecule has 146 heavy (non-hydrogen) atoms. The molecule has 3 N–H and O–H groups in total. The standard InChI is InChI=1S/C37H45N5O6Si.C31H31N5O6.C26H34ClN3O4Si.C11H13BN2O4.2ClH/c1-37(2,3)49(6,7)46-17-14-42(4)36(43)24-18-31(44-5)34(40-21-24)32-19-28-35(48-32)33(26(22-39-28)23-8-9-23)27-10-11-30(29(20-38)41-27)47-25-12-15-45-16-13-25;1-36(9-10-37)31(38)19-13-26(39-2)29(34-16-19)27-14-23-30(42-27)28(21(17-33-23)18-3-4-18)22-5-6-25(24(15-32)35-22)41-20-7-11-40-12-8-20;1-26(2,3)35(6,7)33-11-10-30(4)25(31)17-12-20(32-5)23(29-14-17)21-13-19-24(34-21)22(27)18(15-28-19)16-8-9-16;13-7-9-10(1-2-11(14-9)12(15)16)18-8-3-5-17-6-4-8;;/h10-11,18-19,21-23,25H,8-9,12-17H2,1-7H3;5-6,13-14,16-18,20,37H,3-4,7-12H2,1-2H3;12-16H,8-11H2,1-7H3;1-2,8,15-16H,3-6H2;2*1H. The third-order valence-electron chi connectivity index (χ3n) is 27.3. The highest BCUT2D eigenvalue weighted by Crippen LogP contribution is 2.52. The molecule has 18 rings (SSSR count). The number of likely N-dealkylation sites (N-methyl/N-ethyl adjacent to an activating group) is 3. The molecular weight excluding hydrogens is 1960 g/mol. The fourth-order valence-corrected chi connectivity index (χ4v) is 18.7. The summed E-state index contributed by atoms with van der Waals surface area (Å²) < 4.78 is 82.4. The van der Waals surface area contributed by atoms with E-state index >= 15 is 0 Å². The highest BCUT2D eigenvalue weighted by Gasteiger charge is 2.41. The lowest BCUT2D eigenvalue weighted by molar-refractivity contribution is 0.0251. The van der Waals surface area contributed by atoms with Crippen molar-refractivity contribution in [1.82, 2.24) is 59.6 Å². The maximum Gasteiger partial charge on any atom is 0.508 e. The first-order chi connectivity index (χ1) is 69.0. The highest BCUT2D eigenvalue weighted by atomic mass is 35.5. The molecule has 0 radical (unpaired) electrons. The number of aliphatic hydroxyl groups excluding tert-OH is 1. The Bertz CT molecular complexity index is 6790. The van der Waals surface area contributed by atoms with Crippen LogP contribution in [0.3, 0.4) is 0 Å².